The van der Waals surface area contributed by atoms with Crippen LogP contribution in [-0.2, 0) is 11.3 Å². The van der Waals surface area contributed by atoms with Crippen molar-refractivity contribution < 1.29 is 9.90 Å². The molecule has 0 unspecified atom stereocenters. The van der Waals surface area contributed by atoms with Crippen LogP contribution in [0.2, 0.25) is 0 Å². The summed E-state index contributed by atoms with van der Waals surface area (Å²) in [7, 11) is 0. The van der Waals surface area contributed by atoms with Crippen molar-refractivity contribution in [3.63, 3.8) is 0 Å². The van der Waals surface area contributed by atoms with Crippen molar-refractivity contribution in [2.45, 2.75) is 39.8 Å². The van der Waals surface area contributed by atoms with Gasteiger partial charge >= 0.3 is 5.97 Å². The van der Waals surface area contributed by atoms with Crippen LogP contribution in [-0.4, -0.2) is 32.7 Å². The van der Waals surface area contributed by atoms with Crippen molar-refractivity contribution in [3.05, 3.63) is 18.7 Å². The number of nitrogens with one attached hydrogen (secondary N) is 1. The fraction of sp³-hybridized carbons (Fsp3) is 0.667. The van der Waals surface area contributed by atoms with Gasteiger partial charge in [-0.05, 0) is 27.7 Å². The average molecular weight is 239 g/mol. The summed E-state index contributed by atoms with van der Waals surface area (Å²) >= 11 is 0. The number of imidazole rings is 1. The van der Waals surface area contributed by atoms with E-state index in [1.807, 2.05) is 24.6 Å². The lowest BCUT2D eigenvalue weighted by molar-refractivity contribution is -0.151. The highest BCUT2D eigenvalue weighted by atomic mass is 16.4. The lowest BCUT2D eigenvalue weighted by Gasteiger charge is -2.39. The molecule has 1 rings (SSSR count). The molecule has 0 aliphatic rings. The van der Waals surface area contributed by atoms with Gasteiger partial charge in [0.15, 0.2) is 0 Å². The van der Waals surface area contributed by atoms with Gasteiger partial charge in [-0.2, -0.15) is 0 Å². The maximum Gasteiger partial charge on any atom is 0.310 e. The molecule has 0 saturated heterocycles. The Labute approximate surface area is 102 Å². The first-order valence-corrected chi connectivity index (χ1v) is 5.71. The molecule has 0 spiro atoms. The van der Waals surface area contributed by atoms with E-state index in [1.165, 1.54) is 0 Å². The predicted molar refractivity (Wildman–Crippen MR) is 65.7 cm³/mol. The highest BCUT2D eigenvalue weighted by molar-refractivity contribution is 5.75. The van der Waals surface area contributed by atoms with Gasteiger partial charge in [-0.1, -0.05) is 0 Å². The van der Waals surface area contributed by atoms with E-state index < -0.39 is 16.9 Å². The molecule has 0 fully saturated rings. The molecule has 1 aromatic rings. The monoisotopic (exact) mass is 239 g/mol. The second-order valence-corrected chi connectivity index (χ2v) is 5.28. The molecule has 17 heavy (non-hydrogen) atoms. The van der Waals surface area contributed by atoms with E-state index >= 15 is 0 Å². The summed E-state index contributed by atoms with van der Waals surface area (Å²) in [5.41, 5.74) is -1.29. The first kappa shape index (κ1) is 13.7. The summed E-state index contributed by atoms with van der Waals surface area (Å²) in [6, 6.07) is 0. The van der Waals surface area contributed by atoms with E-state index in [1.54, 1.807) is 26.4 Å². The summed E-state index contributed by atoms with van der Waals surface area (Å²) in [6.07, 6.45) is 5.36. The number of rotatable bonds is 6. The Hall–Kier alpha value is -1.36. The minimum absolute atomic E-state index is 0.473. The first-order valence-electron chi connectivity index (χ1n) is 5.71. The second-order valence-electron chi connectivity index (χ2n) is 5.28. The number of carboxylic acids is 1. The van der Waals surface area contributed by atoms with Crippen molar-refractivity contribution in [1.82, 2.24) is 14.9 Å². The van der Waals surface area contributed by atoms with E-state index in [0.29, 0.717) is 6.54 Å². The standard InChI is InChI=1S/C12H21N3O2/c1-11(2,10(16)17)12(3,4)14-6-8-15-7-5-13-9-15/h5,7,9,14H,6,8H2,1-4H3,(H,16,17). The Balaban J connectivity index is 2.52. The maximum absolute atomic E-state index is 11.2. The zero-order chi connectivity index (χ0) is 13.1. The smallest absolute Gasteiger partial charge is 0.310 e. The summed E-state index contributed by atoms with van der Waals surface area (Å²) in [5, 5.41) is 12.5. The number of carboxylic acid groups (broad SMARTS) is 1. The largest absolute Gasteiger partial charge is 0.481 e. The summed E-state index contributed by atoms with van der Waals surface area (Å²) in [6.45, 7) is 8.78. The van der Waals surface area contributed by atoms with Gasteiger partial charge in [0.05, 0.1) is 11.7 Å². The number of nitrogens with zero attached hydrogens (tertiary/aromatic N) is 2. The Morgan fingerprint density at radius 3 is 2.53 bits per heavy atom. The number of aromatic nitrogens is 2. The zero-order valence-corrected chi connectivity index (χ0v) is 10.9. The van der Waals surface area contributed by atoms with Crippen LogP contribution in [0.5, 0.6) is 0 Å². The molecule has 0 aliphatic heterocycles. The van der Waals surface area contributed by atoms with Crippen LogP contribution in [0.4, 0.5) is 0 Å². The quantitative estimate of drug-likeness (QED) is 0.786. The molecule has 96 valence electrons. The molecule has 0 aromatic carbocycles. The SMILES string of the molecule is CC(C)(NCCn1ccnc1)C(C)(C)C(=O)O. The minimum Gasteiger partial charge on any atom is -0.481 e. The van der Waals surface area contributed by atoms with E-state index in [-0.39, 0.29) is 0 Å². The van der Waals surface area contributed by atoms with Gasteiger partial charge in [0, 0.05) is 31.0 Å². The highest BCUT2D eigenvalue weighted by Crippen LogP contribution is 2.30. The third-order valence-electron chi connectivity index (χ3n) is 3.59. The summed E-state index contributed by atoms with van der Waals surface area (Å²) in [4.78, 5) is 15.2. The van der Waals surface area contributed by atoms with Crippen molar-refractivity contribution in [2.24, 2.45) is 5.41 Å². The van der Waals surface area contributed by atoms with Crippen LogP contribution < -0.4 is 5.32 Å². The molecule has 5 heteroatoms. The Morgan fingerprint density at radius 2 is 2.06 bits per heavy atom. The molecule has 1 heterocycles. The van der Waals surface area contributed by atoms with Crippen molar-refractivity contribution >= 4 is 5.97 Å². The molecular formula is C12H21N3O2. The van der Waals surface area contributed by atoms with Crippen LogP contribution in [0.25, 0.3) is 0 Å². The average Bonchev–Trinajstić information content (AvgIpc) is 2.69. The molecule has 0 bridgehead atoms. The van der Waals surface area contributed by atoms with E-state index in [4.69, 9.17) is 0 Å². The Kier molecular flexibility index (Phi) is 3.93. The topological polar surface area (TPSA) is 67.2 Å². The van der Waals surface area contributed by atoms with Gasteiger partial charge in [0.25, 0.3) is 0 Å². The van der Waals surface area contributed by atoms with Crippen LogP contribution >= 0.6 is 0 Å². The molecule has 2 N–H and O–H groups in total. The predicted octanol–water partition coefficient (Wildman–Crippen LogP) is 1.36. The van der Waals surface area contributed by atoms with Crippen molar-refractivity contribution in [1.29, 1.82) is 0 Å². The zero-order valence-electron chi connectivity index (χ0n) is 10.9. The Bertz CT molecular complexity index is 369. The number of carbonyl (C=O) groups is 1. The summed E-state index contributed by atoms with van der Waals surface area (Å²) in [5.74, 6) is -0.794. The number of hydrogen-bond donors (Lipinski definition) is 2. The lowest BCUT2D eigenvalue weighted by atomic mass is 9.74. The van der Waals surface area contributed by atoms with E-state index in [2.05, 4.69) is 10.3 Å². The fourth-order valence-corrected chi connectivity index (χ4v) is 1.40. The fourth-order valence-electron chi connectivity index (χ4n) is 1.40. The number of hydrogen-bond acceptors (Lipinski definition) is 3. The molecular weight excluding hydrogens is 218 g/mol. The normalized spacial score (nSPS) is 12.7. The first-order chi connectivity index (χ1) is 7.77. The van der Waals surface area contributed by atoms with Crippen molar-refractivity contribution in [3.8, 4) is 0 Å². The molecule has 0 radical (unpaired) electrons. The van der Waals surface area contributed by atoms with Crippen LogP contribution in [0.15, 0.2) is 18.7 Å². The number of aliphatic carboxylic acids is 1. The molecule has 0 atom stereocenters. The lowest BCUT2D eigenvalue weighted by Crippen LogP contribution is -2.55. The summed E-state index contributed by atoms with van der Waals surface area (Å²) < 4.78 is 1.96. The highest BCUT2D eigenvalue weighted by Gasteiger charge is 2.42. The molecule has 5 nitrogen and oxygen atoms in total. The van der Waals surface area contributed by atoms with E-state index in [0.717, 1.165) is 6.54 Å². The third kappa shape index (κ3) is 3.06. The molecule has 0 amide bonds. The molecule has 1 aromatic heterocycles. The van der Waals surface area contributed by atoms with Crippen LogP contribution in [0.1, 0.15) is 27.7 Å². The van der Waals surface area contributed by atoms with Crippen LogP contribution in [0, 0.1) is 5.41 Å². The van der Waals surface area contributed by atoms with Gasteiger partial charge in [0.2, 0.25) is 0 Å². The van der Waals surface area contributed by atoms with Crippen LogP contribution in [0.3, 0.4) is 0 Å². The van der Waals surface area contributed by atoms with Gasteiger partial charge < -0.3 is 15.0 Å². The maximum atomic E-state index is 11.2. The van der Waals surface area contributed by atoms with Gasteiger partial charge in [-0.25, -0.2) is 4.98 Å². The third-order valence-corrected chi connectivity index (χ3v) is 3.59. The van der Waals surface area contributed by atoms with Gasteiger partial charge in [-0.15, -0.1) is 0 Å². The second kappa shape index (κ2) is 4.87. The van der Waals surface area contributed by atoms with Crippen molar-refractivity contribution in [2.75, 3.05) is 6.54 Å². The molecule has 0 saturated carbocycles. The van der Waals surface area contributed by atoms with E-state index in [9.17, 15) is 9.90 Å². The minimum atomic E-state index is -0.818. The molecule has 0 aliphatic carbocycles. The van der Waals surface area contributed by atoms with Gasteiger partial charge in [-0.3, -0.25) is 4.79 Å². The Morgan fingerprint density at radius 1 is 1.41 bits per heavy atom. The van der Waals surface area contributed by atoms with Gasteiger partial charge in [0.1, 0.15) is 0 Å².